The Kier molecular flexibility index (Phi) is 6.00. The van der Waals surface area contributed by atoms with Gasteiger partial charge in [0.1, 0.15) is 10.9 Å². The molecule has 2 aromatic carbocycles. The molecule has 1 aliphatic rings. The predicted molar refractivity (Wildman–Crippen MR) is 118 cm³/mol. The van der Waals surface area contributed by atoms with Gasteiger partial charge in [-0.15, -0.1) is 0 Å². The Morgan fingerprint density at radius 2 is 1.71 bits per heavy atom. The molecule has 2 heterocycles. The highest BCUT2D eigenvalue weighted by Gasteiger charge is 2.34. The first kappa shape index (κ1) is 21.0. The second-order valence-electron chi connectivity index (χ2n) is 7.20. The summed E-state index contributed by atoms with van der Waals surface area (Å²) in [5, 5.41) is 0.351. The minimum atomic E-state index is -0.294. The molecule has 0 N–H and O–H groups in total. The van der Waals surface area contributed by atoms with Gasteiger partial charge in [-0.3, -0.25) is 4.79 Å². The number of nitrogens with zero attached hydrogens (tertiary/aromatic N) is 2. The van der Waals surface area contributed by atoms with E-state index in [1.54, 1.807) is 33.5 Å². The number of halogens is 1. The zero-order valence-electron chi connectivity index (χ0n) is 17.6. The van der Waals surface area contributed by atoms with Gasteiger partial charge in [-0.05, 0) is 59.5 Å². The monoisotopic (exact) mass is 438 g/mol. The van der Waals surface area contributed by atoms with Gasteiger partial charge in [-0.2, -0.15) is 0 Å². The molecule has 0 spiro atoms. The largest absolute Gasteiger partial charge is 0.497 e. The summed E-state index contributed by atoms with van der Waals surface area (Å²) in [5.74, 6) is 1.95. The van der Waals surface area contributed by atoms with Gasteiger partial charge in [0.05, 0.1) is 32.9 Å². The second-order valence-corrected chi connectivity index (χ2v) is 7.59. The number of amides is 1. The number of aromatic nitrogens is 1. The number of benzene rings is 2. The standard InChI is InChI=1S/C24H23ClN2O4/c1-29-18-7-4-15(5-8-18)23-19-13-21(31-3)20(30-2)12-16(19)10-11-27(23)24(28)17-6-9-22(25)26-14-17/h4-9,12-14,23H,10-11H2,1-3H3/t23-/m0/s1. The van der Waals surface area contributed by atoms with E-state index in [2.05, 4.69) is 4.98 Å². The summed E-state index contributed by atoms with van der Waals surface area (Å²) >= 11 is 5.91. The van der Waals surface area contributed by atoms with Crippen LogP contribution < -0.4 is 14.2 Å². The van der Waals surface area contributed by atoms with E-state index in [9.17, 15) is 4.79 Å². The highest BCUT2D eigenvalue weighted by atomic mass is 35.5. The van der Waals surface area contributed by atoms with E-state index in [0.717, 1.165) is 22.4 Å². The molecule has 0 unspecified atom stereocenters. The van der Waals surface area contributed by atoms with E-state index in [1.165, 1.54) is 6.20 Å². The number of fused-ring (bicyclic) bond motifs is 1. The lowest BCUT2D eigenvalue weighted by Crippen LogP contribution is -2.40. The molecule has 4 rings (SSSR count). The molecular formula is C24H23ClN2O4. The SMILES string of the molecule is COc1ccc([C@H]2c3cc(OC)c(OC)cc3CCN2C(=O)c2ccc(Cl)nc2)cc1. The number of carbonyl (C=O) groups is 1. The zero-order valence-corrected chi connectivity index (χ0v) is 18.3. The lowest BCUT2D eigenvalue weighted by molar-refractivity contribution is 0.0693. The summed E-state index contributed by atoms with van der Waals surface area (Å²) in [6, 6.07) is 14.8. The van der Waals surface area contributed by atoms with Crippen LogP contribution in [-0.2, 0) is 6.42 Å². The van der Waals surface area contributed by atoms with Crippen LogP contribution in [0.3, 0.4) is 0 Å². The van der Waals surface area contributed by atoms with Crippen molar-refractivity contribution < 1.29 is 19.0 Å². The Morgan fingerprint density at radius 3 is 2.32 bits per heavy atom. The van der Waals surface area contributed by atoms with Gasteiger partial charge >= 0.3 is 0 Å². The summed E-state index contributed by atoms with van der Waals surface area (Å²) < 4.78 is 16.3. The lowest BCUT2D eigenvalue weighted by atomic mass is 9.87. The summed E-state index contributed by atoms with van der Waals surface area (Å²) in [4.78, 5) is 19.4. The number of rotatable bonds is 5. The van der Waals surface area contributed by atoms with Crippen LogP contribution in [0.2, 0.25) is 5.15 Å². The third-order valence-corrected chi connectivity index (χ3v) is 5.76. The van der Waals surface area contributed by atoms with Crippen LogP contribution in [0.5, 0.6) is 17.2 Å². The van der Waals surface area contributed by atoms with Crippen molar-refractivity contribution in [2.45, 2.75) is 12.5 Å². The van der Waals surface area contributed by atoms with E-state index < -0.39 is 0 Å². The maximum Gasteiger partial charge on any atom is 0.256 e. The average Bonchev–Trinajstić information content (AvgIpc) is 2.82. The van der Waals surface area contributed by atoms with E-state index in [4.69, 9.17) is 25.8 Å². The molecule has 0 saturated carbocycles. The number of ether oxygens (including phenoxy) is 3. The van der Waals surface area contributed by atoms with Crippen LogP contribution in [0.25, 0.3) is 0 Å². The van der Waals surface area contributed by atoms with Crippen LogP contribution in [0.15, 0.2) is 54.7 Å². The first-order valence-electron chi connectivity index (χ1n) is 9.87. The third kappa shape index (κ3) is 4.03. The predicted octanol–water partition coefficient (Wildman–Crippen LogP) is 4.55. The van der Waals surface area contributed by atoms with E-state index in [-0.39, 0.29) is 11.9 Å². The Morgan fingerprint density at radius 1 is 1.00 bits per heavy atom. The Hall–Kier alpha value is -3.25. The average molecular weight is 439 g/mol. The normalized spacial score (nSPS) is 15.2. The van der Waals surface area contributed by atoms with Gasteiger partial charge in [0.2, 0.25) is 0 Å². The number of hydrogen-bond acceptors (Lipinski definition) is 5. The molecule has 1 atom stereocenters. The molecule has 1 aromatic heterocycles. The zero-order chi connectivity index (χ0) is 22.0. The fourth-order valence-electron chi connectivity index (χ4n) is 3.98. The number of methoxy groups -OCH3 is 3. The van der Waals surface area contributed by atoms with E-state index >= 15 is 0 Å². The summed E-state index contributed by atoms with van der Waals surface area (Å²) in [6.45, 7) is 0.556. The van der Waals surface area contributed by atoms with Gasteiger partial charge in [0.15, 0.2) is 11.5 Å². The molecule has 0 fully saturated rings. The molecule has 3 aromatic rings. The highest BCUT2D eigenvalue weighted by molar-refractivity contribution is 6.29. The molecule has 0 bridgehead atoms. The van der Waals surface area contributed by atoms with Crippen LogP contribution in [0.1, 0.15) is 33.1 Å². The van der Waals surface area contributed by atoms with E-state index in [0.29, 0.717) is 35.2 Å². The van der Waals surface area contributed by atoms with Gasteiger partial charge in [0, 0.05) is 12.7 Å². The highest BCUT2D eigenvalue weighted by Crippen LogP contribution is 2.41. The molecule has 31 heavy (non-hydrogen) atoms. The summed E-state index contributed by atoms with van der Waals surface area (Å²) in [5.41, 5.74) is 3.59. The van der Waals surface area contributed by atoms with Crippen molar-refractivity contribution in [2.24, 2.45) is 0 Å². The Labute approximate surface area is 186 Å². The van der Waals surface area contributed by atoms with Crippen LogP contribution in [0.4, 0.5) is 0 Å². The van der Waals surface area contributed by atoms with Crippen molar-refractivity contribution in [3.8, 4) is 17.2 Å². The Bertz CT molecular complexity index is 1080. The van der Waals surface area contributed by atoms with Gasteiger partial charge in [0.25, 0.3) is 5.91 Å². The smallest absolute Gasteiger partial charge is 0.256 e. The Balaban J connectivity index is 1.83. The maximum atomic E-state index is 13.5. The van der Waals surface area contributed by atoms with E-state index in [1.807, 2.05) is 41.3 Å². The molecular weight excluding hydrogens is 416 g/mol. The molecule has 0 radical (unpaired) electrons. The topological polar surface area (TPSA) is 60.9 Å². The number of hydrogen-bond donors (Lipinski definition) is 0. The van der Waals surface area contributed by atoms with Crippen molar-refractivity contribution >= 4 is 17.5 Å². The third-order valence-electron chi connectivity index (χ3n) is 5.54. The lowest BCUT2D eigenvalue weighted by Gasteiger charge is -2.38. The van der Waals surface area contributed by atoms with Gasteiger partial charge in [-0.1, -0.05) is 23.7 Å². The summed E-state index contributed by atoms with van der Waals surface area (Å²) in [7, 11) is 4.86. The minimum absolute atomic E-state index is 0.106. The van der Waals surface area contributed by atoms with Gasteiger partial charge < -0.3 is 19.1 Å². The van der Waals surface area contributed by atoms with Crippen molar-refractivity contribution in [3.63, 3.8) is 0 Å². The van der Waals surface area contributed by atoms with Crippen molar-refractivity contribution in [3.05, 3.63) is 82.1 Å². The van der Waals surface area contributed by atoms with Gasteiger partial charge in [-0.25, -0.2) is 4.98 Å². The maximum absolute atomic E-state index is 13.5. The molecule has 0 saturated heterocycles. The van der Waals surface area contributed by atoms with Crippen molar-refractivity contribution in [2.75, 3.05) is 27.9 Å². The fourth-order valence-corrected chi connectivity index (χ4v) is 4.09. The number of carbonyl (C=O) groups excluding carboxylic acids is 1. The summed E-state index contributed by atoms with van der Waals surface area (Å²) in [6.07, 6.45) is 2.22. The minimum Gasteiger partial charge on any atom is -0.497 e. The first-order chi connectivity index (χ1) is 15.0. The second kappa shape index (κ2) is 8.86. The van der Waals surface area contributed by atoms with Crippen molar-refractivity contribution in [1.82, 2.24) is 9.88 Å². The quantitative estimate of drug-likeness (QED) is 0.547. The molecule has 160 valence electrons. The molecule has 1 aliphatic heterocycles. The van der Waals surface area contributed by atoms with Crippen LogP contribution in [0, 0.1) is 0 Å². The molecule has 7 heteroatoms. The van der Waals surface area contributed by atoms with Crippen LogP contribution >= 0.6 is 11.6 Å². The first-order valence-corrected chi connectivity index (χ1v) is 10.2. The molecule has 0 aliphatic carbocycles. The van der Waals surface area contributed by atoms with Crippen molar-refractivity contribution in [1.29, 1.82) is 0 Å². The van der Waals surface area contributed by atoms with Crippen LogP contribution in [-0.4, -0.2) is 43.7 Å². The fraction of sp³-hybridized carbons (Fsp3) is 0.250. The molecule has 1 amide bonds. The number of pyridine rings is 1. The molecule has 6 nitrogen and oxygen atoms in total.